The maximum Gasteiger partial charge on any atom is 0.293 e. The molecule has 0 radical (unpaired) electrons. The molecule has 5 rings (SSSR count). The summed E-state index contributed by atoms with van der Waals surface area (Å²) < 4.78 is 2.90. The highest BCUT2D eigenvalue weighted by molar-refractivity contribution is 9.10. The summed E-state index contributed by atoms with van der Waals surface area (Å²) in [6, 6.07) is 15.7. The van der Waals surface area contributed by atoms with E-state index in [2.05, 4.69) is 22.9 Å². The van der Waals surface area contributed by atoms with E-state index in [9.17, 15) is 14.4 Å². The number of benzene rings is 2. The van der Waals surface area contributed by atoms with Crippen molar-refractivity contribution >= 4 is 61.7 Å². The first-order valence-corrected chi connectivity index (χ1v) is 13.4. The van der Waals surface area contributed by atoms with Crippen LogP contribution < -0.4 is 0 Å². The number of thioether (sulfide) groups is 1. The predicted octanol–water partition coefficient (Wildman–Crippen LogP) is 6.04. The van der Waals surface area contributed by atoms with Crippen molar-refractivity contribution in [3.05, 3.63) is 75.2 Å². The molecule has 2 fully saturated rings. The van der Waals surface area contributed by atoms with Crippen LogP contribution in [0.15, 0.2) is 64.1 Å². The first-order chi connectivity index (χ1) is 16.9. The SMILES string of the molecule is C[C@H]1CCCCN1C(=O)Cn1cc(/C=C2\SC(=O)N(Cc3ccc(Br)cc3)C2=O)c2ccccc21. The summed E-state index contributed by atoms with van der Waals surface area (Å²) >= 11 is 4.36. The molecule has 3 heterocycles. The number of aromatic nitrogens is 1. The summed E-state index contributed by atoms with van der Waals surface area (Å²) in [5.74, 6) is -0.183. The van der Waals surface area contributed by atoms with Crippen molar-refractivity contribution in [1.82, 2.24) is 14.4 Å². The molecular weight excluding hydrogens is 526 g/mol. The minimum absolute atomic E-state index is 0.110. The van der Waals surface area contributed by atoms with Crippen molar-refractivity contribution in [2.75, 3.05) is 6.54 Å². The lowest BCUT2D eigenvalue weighted by Crippen LogP contribution is -2.43. The number of fused-ring (bicyclic) bond motifs is 1. The van der Waals surface area contributed by atoms with E-state index >= 15 is 0 Å². The van der Waals surface area contributed by atoms with Crippen LogP contribution in [0, 0.1) is 0 Å². The van der Waals surface area contributed by atoms with Crippen LogP contribution in [0.5, 0.6) is 0 Å². The van der Waals surface area contributed by atoms with Crippen molar-refractivity contribution in [3.8, 4) is 0 Å². The van der Waals surface area contributed by atoms with Gasteiger partial charge in [0.1, 0.15) is 6.54 Å². The van der Waals surface area contributed by atoms with E-state index < -0.39 is 0 Å². The molecule has 0 bridgehead atoms. The van der Waals surface area contributed by atoms with Gasteiger partial charge in [0.05, 0.1) is 11.4 Å². The zero-order valence-corrected chi connectivity index (χ0v) is 21.8. The Labute approximate surface area is 217 Å². The molecule has 0 aliphatic carbocycles. The van der Waals surface area contributed by atoms with E-state index in [-0.39, 0.29) is 36.2 Å². The fraction of sp³-hybridized carbons (Fsp3) is 0.296. The summed E-state index contributed by atoms with van der Waals surface area (Å²) in [6.45, 7) is 3.40. The Kier molecular flexibility index (Phi) is 6.84. The first-order valence-electron chi connectivity index (χ1n) is 11.8. The second-order valence-corrected chi connectivity index (χ2v) is 11.0. The summed E-state index contributed by atoms with van der Waals surface area (Å²) in [6.07, 6.45) is 6.95. The molecule has 35 heavy (non-hydrogen) atoms. The normalized spacial score (nSPS) is 19.8. The molecule has 180 valence electrons. The molecule has 2 aliphatic heterocycles. The molecule has 3 amide bonds. The van der Waals surface area contributed by atoms with Crippen LogP contribution >= 0.6 is 27.7 Å². The van der Waals surface area contributed by atoms with Gasteiger partial charge < -0.3 is 9.47 Å². The predicted molar refractivity (Wildman–Crippen MR) is 143 cm³/mol. The Morgan fingerprint density at radius 3 is 2.66 bits per heavy atom. The number of likely N-dealkylation sites (tertiary alicyclic amines) is 1. The van der Waals surface area contributed by atoms with Crippen molar-refractivity contribution in [2.24, 2.45) is 0 Å². The molecule has 2 aliphatic rings. The molecule has 8 heteroatoms. The second-order valence-electron chi connectivity index (χ2n) is 9.06. The lowest BCUT2D eigenvalue weighted by atomic mass is 10.0. The third-order valence-electron chi connectivity index (χ3n) is 6.66. The number of amides is 3. The molecule has 0 saturated carbocycles. The average Bonchev–Trinajstić information content (AvgIpc) is 3.32. The van der Waals surface area contributed by atoms with E-state index in [1.165, 1.54) is 11.3 Å². The first kappa shape index (κ1) is 23.9. The highest BCUT2D eigenvalue weighted by atomic mass is 79.9. The van der Waals surface area contributed by atoms with Gasteiger partial charge in [0.25, 0.3) is 11.1 Å². The van der Waals surface area contributed by atoms with Gasteiger partial charge in [0, 0.05) is 39.7 Å². The van der Waals surface area contributed by atoms with Gasteiger partial charge in [-0.05, 0) is 67.8 Å². The van der Waals surface area contributed by atoms with Gasteiger partial charge >= 0.3 is 0 Å². The summed E-state index contributed by atoms with van der Waals surface area (Å²) in [7, 11) is 0. The topological polar surface area (TPSA) is 62.6 Å². The fourth-order valence-corrected chi connectivity index (χ4v) is 5.87. The van der Waals surface area contributed by atoms with E-state index in [0.29, 0.717) is 4.91 Å². The van der Waals surface area contributed by atoms with Crippen LogP contribution in [0.3, 0.4) is 0 Å². The number of rotatable bonds is 5. The maximum absolute atomic E-state index is 13.1. The van der Waals surface area contributed by atoms with E-state index in [1.807, 2.05) is 64.2 Å². The minimum atomic E-state index is -0.294. The molecule has 2 aromatic carbocycles. The Balaban J connectivity index is 1.40. The Bertz CT molecular complexity index is 1330. The van der Waals surface area contributed by atoms with Crippen molar-refractivity contribution in [3.63, 3.8) is 0 Å². The smallest absolute Gasteiger partial charge is 0.293 e. The Morgan fingerprint density at radius 2 is 1.89 bits per heavy atom. The zero-order valence-electron chi connectivity index (χ0n) is 19.4. The third kappa shape index (κ3) is 4.95. The minimum Gasteiger partial charge on any atom is -0.338 e. The number of piperidine rings is 1. The highest BCUT2D eigenvalue weighted by Gasteiger charge is 2.35. The van der Waals surface area contributed by atoms with Gasteiger partial charge in [-0.25, -0.2) is 0 Å². The summed E-state index contributed by atoms with van der Waals surface area (Å²) in [5, 5.41) is 0.675. The molecule has 2 saturated heterocycles. The van der Waals surface area contributed by atoms with Gasteiger partial charge in [0.15, 0.2) is 0 Å². The maximum atomic E-state index is 13.1. The van der Waals surface area contributed by atoms with Crippen LogP contribution in [0.4, 0.5) is 4.79 Å². The Morgan fingerprint density at radius 1 is 1.11 bits per heavy atom. The van der Waals surface area contributed by atoms with E-state index in [0.717, 1.165) is 57.7 Å². The lowest BCUT2D eigenvalue weighted by Gasteiger charge is -2.33. The van der Waals surface area contributed by atoms with Gasteiger partial charge in [-0.2, -0.15) is 0 Å². The zero-order chi connectivity index (χ0) is 24.5. The molecule has 0 unspecified atom stereocenters. The molecular formula is C27H26BrN3O3S. The summed E-state index contributed by atoms with van der Waals surface area (Å²) in [4.78, 5) is 42.5. The molecule has 6 nitrogen and oxygen atoms in total. The third-order valence-corrected chi connectivity index (χ3v) is 8.10. The largest absolute Gasteiger partial charge is 0.338 e. The van der Waals surface area contributed by atoms with Crippen LogP contribution in [-0.4, -0.2) is 44.0 Å². The lowest BCUT2D eigenvalue weighted by molar-refractivity contribution is -0.135. The number of hydrogen-bond acceptors (Lipinski definition) is 4. The van der Waals surface area contributed by atoms with Crippen LogP contribution in [0.1, 0.15) is 37.3 Å². The van der Waals surface area contributed by atoms with E-state index in [1.54, 1.807) is 6.08 Å². The highest BCUT2D eigenvalue weighted by Crippen LogP contribution is 2.35. The van der Waals surface area contributed by atoms with Crippen molar-refractivity contribution < 1.29 is 14.4 Å². The molecule has 0 N–H and O–H groups in total. The molecule has 1 aromatic heterocycles. The number of hydrogen-bond donors (Lipinski definition) is 0. The quantitative estimate of drug-likeness (QED) is 0.362. The van der Waals surface area contributed by atoms with Gasteiger partial charge in [-0.1, -0.05) is 46.3 Å². The van der Waals surface area contributed by atoms with E-state index in [4.69, 9.17) is 0 Å². The van der Waals surface area contributed by atoms with Gasteiger partial charge in [-0.15, -0.1) is 0 Å². The molecule has 3 aromatic rings. The monoisotopic (exact) mass is 551 g/mol. The second kappa shape index (κ2) is 10.0. The number of para-hydroxylation sites is 1. The van der Waals surface area contributed by atoms with Crippen LogP contribution in [0.25, 0.3) is 17.0 Å². The van der Waals surface area contributed by atoms with Crippen LogP contribution in [0.2, 0.25) is 0 Å². The van der Waals surface area contributed by atoms with Crippen molar-refractivity contribution in [2.45, 2.75) is 45.3 Å². The standard InChI is InChI=1S/C27H26BrN3O3S/c1-18-6-4-5-13-30(18)25(32)17-29-16-20(22-7-2-3-8-23(22)29)14-24-26(33)31(27(34)35-24)15-19-9-11-21(28)12-10-19/h2-3,7-12,14,16,18H,4-6,13,15,17H2,1H3/b24-14-/t18-/m0/s1. The van der Waals surface area contributed by atoms with Crippen LogP contribution in [-0.2, 0) is 22.7 Å². The number of halogens is 1. The number of nitrogens with zero attached hydrogens (tertiary/aromatic N) is 3. The number of imide groups is 1. The average molecular weight is 552 g/mol. The molecule has 1 atom stereocenters. The molecule has 0 spiro atoms. The van der Waals surface area contributed by atoms with Gasteiger partial charge in [-0.3, -0.25) is 19.3 Å². The van der Waals surface area contributed by atoms with Crippen molar-refractivity contribution in [1.29, 1.82) is 0 Å². The van der Waals surface area contributed by atoms with Gasteiger partial charge in [0.2, 0.25) is 5.91 Å². The number of carbonyl (C=O) groups is 3. The Hall–Kier alpha value is -2.84. The summed E-state index contributed by atoms with van der Waals surface area (Å²) in [5.41, 5.74) is 2.65. The number of carbonyl (C=O) groups excluding carboxylic acids is 3. The fourth-order valence-electron chi connectivity index (χ4n) is 4.78.